The summed E-state index contributed by atoms with van der Waals surface area (Å²) in [4.78, 5) is 27.2. The number of Topliss-reactive ketones (excluding diaryl/α,β-unsaturated/α-hetero) is 1. The second kappa shape index (κ2) is 7.16. The van der Waals surface area contributed by atoms with E-state index in [0.29, 0.717) is 12.1 Å². The van der Waals surface area contributed by atoms with E-state index in [4.69, 9.17) is 4.74 Å². The minimum atomic E-state index is -0.0671. The van der Waals surface area contributed by atoms with Crippen LogP contribution in [0.15, 0.2) is 24.3 Å². The van der Waals surface area contributed by atoms with Crippen molar-refractivity contribution in [2.45, 2.75) is 38.5 Å². The zero-order chi connectivity index (χ0) is 16.2. The lowest BCUT2D eigenvalue weighted by atomic mass is 9.89. The van der Waals surface area contributed by atoms with Crippen LogP contribution in [0, 0.1) is 11.8 Å². The molecule has 1 aromatic carbocycles. The third kappa shape index (κ3) is 3.57. The van der Waals surface area contributed by atoms with Crippen LogP contribution in [-0.2, 0) is 4.79 Å². The minimum Gasteiger partial charge on any atom is -0.497 e. The number of ketones is 1. The number of carbonyl (C=O) groups excluding carboxylic acids is 2. The molecule has 0 radical (unpaired) electrons. The molecule has 1 unspecified atom stereocenters. The molecule has 1 aromatic rings. The van der Waals surface area contributed by atoms with Crippen molar-refractivity contribution in [1.29, 1.82) is 0 Å². The average Bonchev–Trinajstić information content (AvgIpc) is 3.15. The lowest BCUT2D eigenvalue weighted by Gasteiger charge is -2.33. The molecule has 23 heavy (non-hydrogen) atoms. The van der Waals surface area contributed by atoms with Gasteiger partial charge in [0.25, 0.3) is 0 Å². The minimum absolute atomic E-state index is 0.0671. The number of benzene rings is 1. The van der Waals surface area contributed by atoms with Crippen molar-refractivity contribution in [2.75, 3.05) is 20.2 Å². The smallest absolute Gasteiger partial charge is 0.225 e. The number of amides is 1. The van der Waals surface area contributed by atoms with Crippen molar-refractivity contribution in [3.63, 3.8) is 0 Å². The van der Waals surface area contributed by atoms with Crippen LogP contribution in [-0.4, -0.2) is 36.8 Å². The van der Waals surface area contributed by atoms with Gasteiger partial charge in [0, 0.05) is 30.5 Å². The molecule has 1 saturated carbocycles. The zero-order valence-electron chi connectivity index (χ0n) is 13.8. The van der Waals surface area contributed by atoms with Gasteiger partial charge >= 0.3 is 0 Å². The van der Waals surface area contributed by atoms with Crippen molar-refractivity contribution in [1.82, 2.24) is 4.90 Å². The number of ether oxygens (including phenoxy) is 1. The highest BCUT2D eigenvalue weighted by Gasteiger charge is 2.33. The first-order chi connectivity index (χ1) is 11.2. The lowest BCUT2D eigenvalue weighted by molar-refractivity contribution is -0.136. The van der Waals surface area contributed by atoms with E-state index in [1.165, 1.54) is 12.8 Å². The highest BCUT2D eigenvalue weighted by molar-refractivity contribution is 5.98. The summed E-state index contributed by atoms with van der Waals surface area (Å²) in [7, 11) is 1.62. The average molecular weight is 315 g/mol. The van der Waals surface area contributed by atoms with Gasteiger partial charge < -0.3 is 9.64 Å². The molecule has 124 valence electrons. The van der Waals surface area contributed by atoms with Gasteiger partial charge in [0.05, 0.1) is 7.11 Å². The Labute approximate surface area is 137 Å². The molecule has 1 atom stereocenters. The van der Waals surface area contributed by atoms with Crippen molar-refractivity contribution >= 4 is 11.7 Å². The highest BCUT2D eigenvalue weighted by atomic mass is 16.5. The van der Waals surface area contributed by atoms with E-state index in [2.05, 4.69) is 0 Å². The van der Waals surface area contributed by atoms with Gasteiger partial charge in [-0.05, 0) is 49.9 Å². The van der Waals surface area contributed by atoms with Crippen molar-refractivity contribution in [3.8, 4) is 5.75 Å². The first-order valence-corrected chi connectivity index (χ1v) is 8.66. The van der Waals surface area contributed by atoms with Gasteiger partial charge in [-0.1, -0.05) is 12.8 Å². The quantitative estimate of drug-likeness (QED) is 0.801. The number of nitrogens with zero attached hydrogens (tertiary/aromatic N) is 1. The Hall–Kier alpha value is -1.84. The molecule has 2 aliphatic rings. The summed E-state index contributed by atoms with van der Waals surface area (Å²) in [5.41, 5.74) is 0.714. The topological polar surface area (TPSA) is 46.6 Å². The number of hydrogen-bond acceptors (Lipinski definition) is 3. The summed E-state index contributed by atoms with van der Waals surface area (Å²) in [5.74, 6) is 1.31. The van der Waals surface area contributed by atoms with Crippen LogP contribution in [0.2, 0.25) is 0 Å². The van der Waals surface area contributed by atoms with Crippen LogP contribution in [0.5, 0.6) is 5.75 Å². The van der Waals surface area contributed by atoms with Crippen molar-refractivity contribution in [3.05, 3.63) is 29.8 Å². The number of carbonyl (C=O) groups is 2. The van der Waals surface area contributed by atoms with Crippen LogP contribution >= 0.6 is 0 Å². The fourth-order valence-corrected chi connectivity index (χ4v) is 3.81. The molecule has 1 amide bonds. The standard InChI is InChI=1S/C19H25NO3/c1-23-17-10-8-14(9-11-17)18(21)16-7-4-12-20(13-16)19(22)15-5-2-3-6-15/h8-11,15-16H,2-7,12-13H2,1H3. The fraction of sp³-hybridized carbons (Fsp3) is 0.579. The molecule has 4 heteroatoms. The Bertz CT molecular complexity index is 560. The molecule has 1 heterocycles. The Balaban J connectivity index is 1.64. The number of piperidine rings is 1. The van der Waals surface area contributed by atoms with E-state index < -0.39 is 0 Å². The van der Waals surface area contributed by atoms with Gasteiger partial charge in [0.1, 0.15) is 5.75 Å². The second-order valence-corrected chi connectivity index (χ2v) is 6.70. The largest absolute Gasteiger partial charge is 0.497 e. The SMILES string of the molecule is COc1ccc(C(=O)C2CCCN(C(=O)C3CCCC3)C2)cc1. The van der Waals surface area contributed by atoms with Gasteiger partial charge in [-0.25, -0.2) is 0 Å². The normalized spacial score (nSPS) is 22.1. The van der Waals surface area contributed by atoms with E-state index in [1.807, 2.05) is 29.2 Å². The van der Waals surface area contributed by atoms with E-state index in [1.54, 1.807) is 7.11 Å². The Kier molecular flexibility index (Phi) is 4.99. The predicted octanol–water partition coefficient (Wildman–Crippen LogP) is 3.31. The monoisotopic (exact) mass is 315 g/mol. The summed E-state index contributed by atoms with van der Waals surface area (Å²) in [6, 6.07) is 7.27. The van der Waals surface area contributed by atoms with Gasteiger partial charge in [-0.2, -0.15) is 0 Å². The third-order valence-corrected chi connectivity index (χ3v) is 5.18. The molecule has 1 aliphatic carbocycles. The summed E-state index contributed by atoms with van der Waals surface area (Å²) in [6.07, 6.45) is 6.17. The van der Waals surface area contributed by atoms with Gasteiger partial charge in [0.2, 0.25) is 5.91 Å². The molecule has 0 bridgehead atoms. The predicted molar refractivity (Wildman–Crippen MR) is 88.6 cm³/mol. The third-order valence-electron chi connectivity index (χ3n) is 5.18. The Morgan fingerprint density at radius 1 is 1.00 bits per heavy atom. The van der Waals surface area contributed by atoms with Crippen LogP contribution in [0.3, 0.4) is 0 Å². The van der Waals surface area contributed by atoms with Crippen molar-refractivity contribution < 1.29 is 14.3 Å². The maximum absolute atomic E-state index is 12.7. The van der Waals surface area contributed by atoms with Gasteiger partial charge in [-0.3, -0.25) is 9.59 Å². The van der Waals surface area contributed by atoms with Gasteiger partial charge in [-0.15, -0.1) is 0 Å². The number of hydrogen-bond donors (Lipinski definition) is 0. The molecule has 0 N–H and O–H groups in total. The first kappa shape index (κ1) is 16.0. The Morgan fingerprint density at radius 3 is 2.30 bits per heavy atom. The summed E-state index contributed by atoms with van der Waals surface area (Å²) in [6.45, 7) is 1.39. The van der Waals surface area contributed by atoms with Crippen LogP contribution < -0.4 is 4.74 Å². The summed E-state index contributed by atoms with van der Waals surface area (Å²) in [5, 5.41) is 0. The van der Waals surface area contributed by atoms with Gasteiger partial charge in [0.15, 0.2) is 5.78 Å². The summed E-state index contributed by atoms with van der Waals surface area (Å²) < 4.78 is 5.14. The first-order valence-electron chi connectivity index (χ1n) is 8.66. The lowest BCUT2D eigenvalue weighted by Crippen LogP contribution is -2.44. The van der Waals surface area contributed by atoms with Crippen LogP contribution in [0.25, 0.3) is 0 Å². The molecule has 3 rings (SSSR count). The van der Waals surface area contributed by atoms with Crippen LogP contribution in [0.1, 0.15) is 48.9 Å². The summed E-state index contributed by atoms with van der Waals surface area (Å²) >= 11 is 0. The molecular weight excluding hydrogens is 290 g/mol. The fourth-order valence-electron chi connectivity index (χ4n) is 3.81. The van der Waals surface area contributed by atoms with E-state index in [9.17, 15) is 9.59 Å². The molecule has 4 nitrogen and oxygen atoms in total. The second-order valence-electron chi connectivity index (χ2n) is 6.70. The molecule has 1 aliphatic heterocycles. The Morgan fingerprint density at radius 2 is 1.65 bits per heavy atom. The molecule has 1 saturated heterocycles. The zero-order valence-corrected chi connectivity index (χ0v) is 13.8. The van der Waals surface area contributed by atoms with E-state index in [-0.39, 0.29) is 23.5 Å². The maximum Gasteiger partial charge on any atom is 0.225 e. The van der Waals surface area contributed by atoms with E-state index >= 15 is 0 Å². The number of methoxy groups -OCH3 is 1. The molecule has 0 spiro atoms. The van der Waals surface area contributed by atoms with Crippen LogP contribution in [0.4, 0.5) is 0 Å². The molecular formula is C19H25NO3. The number of rotatable bonds is 4. The maximum atomic E-state index is 12.7. The van der Waals surface area contributed by atoms with E-state index in [0.717, 1.165) is 38.0 Å². The van der Waals surface area contributed by atoms with Crippen molar-refractivity contribution in [2.24, 2.45) is 11.8 Å². The molecule has 0 aromatic heterocycles. The molecule has 2 fully saturated rings. The number of likely N-dealkylation sites (tertiary alicyclic amines) is 1. The highest BCUT2D eigenvalue weighted by Crippen LogP contribution is 2.29.